The molecular formula is C21H21N5O3. The Morgan fingerprint density at radius 1 is 1.00 bits per heavy atom. The Labute approximate surface area is 168 Å². The summed E-state index contributed by atoms with van der Waals surface area (Å²) >= 11 is 0. The summed E-state index contributed by atoms with van der Waals surface area (Å²) in [5, 5.41) is 11.9. The number of amides is 3. The number of hydrogen-bond acceptors (Lipinski definition) is 6. The molecule has 0 aromatic heterocycles. The Bertz CT molecular complexity index is 1030. The van der Waals surface area contributed by atoms with E-state index in [1.54, 1.807) is 12.1 Å². The van der Waals surface area contributed by atoms with Gasteiger partial charge >= 0.3 is 0 Å². The molecule has 0 spiro atoms. The highest BCUT2D eigenvalue weighted by Gasteiger charge is 2.55. The van der Waals surface area contributed by atoms with Gasteiger partial charge in [-0.15, -0.1) is 0 Å². The molecular weight excluding hydrogens is 370 g/mol. The Morgan fingerprint density at radius 3 is 2.41 bits per heavy atom. The van der Waals surface area contributed by atoms with Crippen molar-refractivity contribution in [1.29, 1.82) is 0 Å². The molecule has 1 fully saturated rings. The van der Waals surface area contributed by atoms with Crippen molar-refractivity contribution in [3.05, 3.63) is 59.2 Å². The number of anilines is 2. The topological polar surface area (TPSA) is 94.4 Å². The van der Waals surface area contributed by atoms with Gasteiger partial charge in [-0.05, 0) is 56.2 Å². The van der Waals surface area contributed by atoms with Crippen molar-refractivity contribution in [2.75, 3.05) is 16.8 Å². The zero-order chi connectivity index (χ0) is 20.7. The molecule has 29 heavy (non-hydrogen) atoms. The molecule has 2 aromatic rings. The number of nitrogens with zero attached hydrogens (tertiary/aromatic N) is 4. The summed E-state index contributed by atoms with van der Waals surface area (Å²) in [5.74, 6) is -1.18. The normalized spacial score (nSPS) is 20.4. The molecule has 0 radical (unpaired) electrons. The highest BCUT2D eigenvalue weighted by molar-refractivity contribution is 6.25. The van der Waals surface area contributed by atoms with E-state index in [2.05, 4.69) is 15.7 Å². The lowest BCUT2D eigenvalue weighted by molar-refractivity contribution is -0.123. The molecule has 2 aliphatic rings. The van der Waals surface area contributed by atoms with Gasteiger partial charge in [-0.25, -0.2) is 4.90 Å². The zero-order valence-electron chi connectivity index (χ0n) is 16.4. The van der Waals surface area contributed by atoms with E-state index in [9.17, 15) is 14.4 Å². The van der Waals surface area contributed by atoms with Crippen molar-refractivity contribution in [2.24, 2.45) is 10.3 Å². The third-order valence-corrected chi connectivity index (χ3v) is 5.25. The summed E-state index contributed by atoms with van der Waals surface area (Å²) in [4.78, 5) is 39.2. The van der Waals surface area contributed by atoms with Crippen molar-refractivity contribution < 1.29 is 14.4 Å². The largest absolute Gasteiger partial charge is 0.324 e. The van der Waals surface area contributed by atoms with Crippen LogP contribution in [0.3, 0.4) is 0 Å². The molecule has 148 valence electrons. The predicted octanol–water partition coefficient (Wildman–Crippen LogP) is 2.54. The van der Waals surface area contributed by atoms with Crippen molar-refractivity contribution in [3.63, 3.8) is 0 Å². The number of benzene rings is 2. The number of fused-ring (bicyclic) bond motifs is 1. The van der Waals surface area contributed by atoms with E-state index in [0.717, 1.165) is 21.6 Å². The molecule has 2 aliphatic heterocycles. The van der Waals surface area contributed by atoms with Gasteiger partial charge in [-0.2, -0.15) is 5.11 Å². The summed E-state index contributed by atoms with van der Waals surface area (Å²) in [5.41, 5.74) is 4.38. The smallest absolute Gasteiger partial charge is 0.263 e. The first-order valence-electron chi connectivity index (χ1n) is 9.34. The van der Waals surface area contributed by atoms with Gasteiger partial charge < -0.3 is 5.32 Å². The number of carbonyl (C=O) groups excluding carboxylic acids is 3. The standard InChI is InChI=1S/C21H21N5O3/c1-12-4-8-16(9-5-12)26-20(28)18-19(21(26)29)25(24-23-18)11-17(27)22-15-7-6-13(2)14(3)10-15/h4-10,18-19H,11H2,1-3H3,(H,22,27)/t18-,19-/m1/s1. The van der Waals surface area contributed by atoms with Gasteiger partial charge in [0.15, 0.2) is 12.1 Å². The maximum absolute atomic E-state index is 12.9. The molecule has 3 amide bonds. The van der Waals surface area contributed by atoms with Gasteiger partial charge in [0, 0.05) is 5.69 Å². The average molecular weight is 391 g/mol. The van der Waals surface area contributed by atoms with Crippen LogP contribution in [0.2, 0.25) is 0 Å². The van der Waals surface area contributed by atoms with Crippen LogP contribution in [0.25, 0.3) is 0 Å². The Kier molecular flexibility index (Phi) is 4.62. The summed E-state index contributed by atoms with van der Waals surface area (Å²) in [7, 11) is 0. The summed E-state index contributed by atoms with van der Waals surface area (Å²) in [6.07, 6.45) is 0. The van der Waals surface area contributed by atoms with Crippen LogP contribution in [0, 0.1) is 20.8 Å². The number of rotatable bonds is 4. The average Bonchev–Trinajstić information content (AvgIpc) is 3.19. The van der Waals surface area contributed by atoms with Gasteiger partial charge in [0.2, 0.25) is 5.91 Å². The fourth-order valence-electron chi connectivity index (χ4n) is 3.47. The van der Waals surface area contributed by atoms with E-state index in [1.165, 1.54) is 5.01 Å². The predicted molar refractivity (Wildman–Crippen MR) is 107 cm³/mol. The Morgan fingerprint density at radius 2 is 1.72 bits per heavy atom. The third-order valence-electron chi connectivity index (χ3n) is 5.25. The van der Waals surface area contributed by atoms with E-state index >= 15 is 0 Å². The number of hydrogen-bond donors (Lipinski definition) is 1. The lowest BCUT2D eigenvalue weighted by atomic mass is 10.1. The van der Waals surface area contributed by atoms with E-state index < -0.39 is 23.9 Å². The number of carbonyl (C=O) groups is 3. The minimum absolute atomic E-state index is 0.168. The highest BCUT2D eigenvalue weighted by Crippen LogP contribution is 2.31. The quantitative estimate of drug-likeness (QED) is 0.811. The van der Waals surface area contributed by atoms with Gasteiger partial charge in [0.25, 0.3) is 11.8 Å². The molecule has 8 nitrogen and oxygen atoms in total. The first-order chi connectivity index (χ1) is 13.8. The fourth-order valence-corrected chi connectivity index (χ4v) is 3.47. The maximum atomic E-state index is 12.9. The second kappa shape index (κ2) is 7.12. The molecule has 0 saturated carbocycles. The van der Waals surface area contributed by atoms with Crippen LogP contribution in [0.5, 0.6) is 0 Å². The van der Waals surface area contributed by atoms with Crippen molar-refractivity contribution in [1.82, 2.24) is 5.01 Å². The number of nitrogens with one attached hydrogen (secondary N) is 1. The van der Waals surface area contributed by atoms with Crippen LogP contribution < -0.4 is 10.2 Å². The van der Waals surface area contributed by atoms with Crippen LogP contribution in [0.15, 0.2) is 52.8 Å². The van der Waals surface area contributed by atoms with Gasteiger partial charge in [-0.3, -0.25) is 19.4 Å². The molecule has 2 aromatic carbocycles. The molecule has 4 rings (SSSR count). The number of aryl methyl sites for hydroxylation is 3. The minimum Gasteiger partial charge on any atom is -0.324 e. The van der Waals surface area contributed by atoms with Gasteiger partial charge in [-0.1, -0.05) is 29.0 Å². The van der Waals surface area contributed by atoms with E-state index in [1.807, 2.05) is 51.1 Å². The molecule has 0 aliphatic carbocycles. The fraction of sp³-hybridized carbons (Fsp3) is 0.286. The summed E-state index contributed by atoms with van der Waals surface area (Å²) < 4.78 is 0. The molecule has 1 N–H and O–H groups in total. The minimum atomic E-state index is -0.918. The number of imide groups is 1. The van der Waals surface area contributed by atoms with Gasteiger partial charge in [0.1, 0.15) is 6.54 Å². The van der Waals surface area contributed by atoms with Crippen LogP contribution in [-0.2, 0) is 14.4 Å². The maximum Gasteiger partial charge on any atom is 0.263 e. The molecule has 0 unspecified atom stereocenters. The molecule has 1 saturated heterocycles. The third kappa shape index (κ3) is 3.37. The highest BCUT2D eigenvalue weighted by atomic mass is 16.2. The lowest BCUT2D eigenvalue weighted by Gasteiger charge is -2.20. The van der Waals surface area contributed by atoms with Crippen LogP contribution >= 0.6 is 0 Å². The van der Waals surface area contributed by atoms with E-state index in [-0.39, 0.29) is 12.5 Å². The first-order valence-corrected chi connectivity index (χ1v) is 9.34. The van der Waals surface area contributed by atoms with Gasteiger partial charge in [0.05, 0.1) is 5.69 Å². The molecule has 0 bridgehead atoms. The SMILES string of the molecule is Cc1ccc(N2C(=O)[C@@H]3N=NN(CC(=O)Nc4ccc(C)c(C)c4)[C@H]3C2=O)cc1. The monoisotopic (exact) mass is 391 g/mol. The van der Waals surface area contributed by atoms with Crippen molar-refractivity contribution in [3.8, 4) is 0 Å². The summed E-state index contributed by atoms with van der Waals surface area (Å²) in [6, 6.07) is 10.9. The zero-order valence-corrected chi connectivity index (χ0v) is 16.4. The van der Waals surface area contributed by atoms with Crippen molar-refractivity contribution in [2.45, 2.75) is 32.9 Å². The first kappa shape index (κ1) is 18.8. The van der Waals surface area contributed by atoms with Crippen molar-refractivity contribution >= 4 is 29.1 Å². The lowest BCUT2D eigenvalue weighted by Crippen LogP contribution is -2.43. The molecule has 2 atom stereocenters. The van der Waals surface area contributed by atoms with E-state index in [0.29, 0.717) is 11.4 Å². The van der Waals surface area contributed by atoms with Crippen LogP contribution in [-0.4, -0.2) is 41.4 Å². The van der Waals surface area contributed by atoms with Crippen LogP contribution in [0.1, 0.15) is 16.7 Å². The Hall–Kier alpha value is -3.55. The molecule has 8 heteroatoms. The second-order valence-corrected chi connectivity index (χ2v) is 7.39. The summed E-state index contributed by atoms with van der Waals surface area (Å²) in [6.45, 7) is 5.72. The van der Waals surface area contributed by atoms with E-state index in [4.69, 9.17) is 0 Å². The molecule has 2 heterocycles. The second-order valence-electron chi connectivity index (χ2n) is 7.39. The van der Waals surface area contributed by atoms with Crippen LogP contribution in [0.4, 0.5) is 11.4 Å². The Balaban J connectivity index is 1.48.